The largest absolute Gasteiger partial charge is 0.497 e. The second-order valence-corrected chi connectivity index (χ2v) is 7.32. The van der Waals surface area contributed by atoms with Gasteiger partial charge >= 0.3 is 5.97 Å². The summed E-state index contributed by atoms with van der Waals surface area (Å²) in [6, 6.07) is 12.1. The van der Waals surface area contributed by atoms with Crippen LogP contribution in [0.3, 0.4) is 0 Å². The van der Waals surface area contributed by atoms with Crippen molar-refractivity contribution in [2.75, 3.05) is 12.4 Å². The molecule has 7 heteroatoms. The number of nitrogens with one attached hydrogen (secondary N) is 1. The molecule has 0 radical (unpaired) electrons. The fourth-order valence-electron chi connectivity index (χ4n) is 2.93. The average Bonchev–Trinajstić information content (AvgIpc) is 3.09. The van der Waals surface area contributed by atoms with Crippen LogP contribution in [0.15, 0.2) is 42.5 Å². The lowest BCUT2D eigenvalue weighted by molar-refractivity contribution is -0.163. The highest BCUT2D eigenvalue weighted by molar-refractivity contribution is 6.30. The van der Waals surface area contributed by atoms with E-state index in [2.05, 4.69) is 5.32 Å². The van der Waals surface area contributed by atoms with Gasteiger partial charge in [0.2, 0.25) is 0 Å². The Balaban J connectivity index is 1.63. The first-order chi connectivity index (χ1) is 13.4. The molecule has 0 fully saturated rings. The standard InChI is InChI=1S/C21H22ClNO5/c1-12(2)19(20(24)23-15-5-7-16(26-3)8-6-15)28-21(25)18-11-13-10-14(22)4-9-17(13)27-18/h4-10,12,18-19H,11H2,1-3H3,(H,23,24)/t18-,19-/m1/s1. The van der Waals surface area contributed by atoms with Crippen LogP contribution in [-0.4, -0.2) is 31.2 Å². The molecule has 0 saturated carbocycles. The summed E-state index contributed by atoms with van der Waals surface area (Å²) in [7, 11) is 1.57. The zero-order valence-corrected chi connectivity index (χ0v) is 16.7. The minimum absolute atomic E-state index is 0.208. The topological polar surface area (TPSA) is 73.9 Å². The Morgan fingerprint density at radius 1 is 1.18 bits per heavy atom. The maximum Gasteiger partial charge on any atom is 0.348 e. The minimum atomic E-state index is -0.939. The summed E-state index contributed by atoms with van der Waals surface area (Å²) >= 11 is 5.98. The van der Waals surface area contributed by atoms with Gasteiger partial charge in [-0.05, 0) is 53.9 Å². The van der Waals surface area contributed by atoms with E-state index in [-0.39, 0.29) is 5.92 Å². The second-order valence-electron chi connectivity index (χ2n) is 6.88. The molecule has 1 aliphatic heterocycles. The molecule has 1 aliphatic rings. The van der Waals surface area contributed by atoms with Crippen molar-refractivity contribution in [1.82, 2.24) is 0 Å². The highest BCUT2D eigenvalue weighted by Crippen LogP contribution is 2.31. The summed E-state index contributed by atoms with van der Waals surface area (Å²) in [5.74, 6) is 0.112. The average molecular weight is 404 g/mol. The van der Waals surface area contributed by atoms with Gasteiger partial charge in [0.05, 0.1) is 7.11 Å². The summed E-state index contributed by atoms with van der Waals surface area (Å²) in [5.41, 5.74) is 1.44. The summed E-state index contributed by atoms with van der Waals surface area (Å²) in [5, 5.41) is 3.34. The normalized spacial score (nSPS) is 16.1. The minimum Gasteiger partial charge on any atom is -0.497 e. The summed E-state index contributed by atoms with van der Waals surface area (Å²) in [6.07, 6.45) is -1.37. The molecule has 1 N–H and O–H groups in total. The van der Waals surface area contributed by atoms with Crippen molar-refractivity contribution in [3.8, 4) is 11.5 Å². The molecule has 1 heterocycles. The van der Waals surface area contributed by atoms with E-state index < -0.39 is 24.1 Å². The Morgan fingerprint density at radius 2 is 1.89 bits per heavy atom. The lowest BCUT2D eigenvalue weighted by Crippen LogP contribution is -2.40. The van der Waals surface area contributed by atoms with Crippen LogP contribution in [-0.2, 0) is 20.7 Å². The van der Waals surface area contributed by atoms with Crippen LogP contribution in [0.5, 0.6) is 11.5 Å². The molecule has 0 spiro atoms. The molecule has 28 heavy (non-hydrogen) atoms. The Kier molecular flexibility index (Phi) is 6.09. The summed E-state index contributed by atoms with van der Waals surface area (Å²) in [6.45, 7) is 3.63. The van der Waals surface area contributed by atoms with Gasteiger partial charge in [-0.3, -0.25) is 4.79 Å². The molecule has 0 bridgehead atoms. The monoisotopic (exact) mass is 403 g/mol. The highest BCUT2D eigenvalue weighted by atomic mass is 35.5. The van der Waals surface area contributed by atoms with E-state index in [4.69, 9.17) is 25.8 Å². The molecule has 0 aromatic heterocycles. The van der Waals surface area contributed by atoms with Crippen molar-refractivity contribution in [3.63, 3.8) is 0 Å². The van der Waals surface area contributed by atoms with E-state index in [0.717, 1.165) is 5.56 Å². The van der Waals surface area contributed by atoms with Crippen LogP contribution < -0.4 is 14.8 Å². The van der Waals surface area contributed by atoms with E-state index in [1.54, 1.807) is 49.6 Å². The molecule has 2 aromatic rings. The molecule has 6 nitrogen and oxygen atoms in total. The smallest absolute Gasteiger partial charge is 0.348 e. The van der Waals surface area contributed by atoms with Crippen molar-refractivity contribution < 1.29 is 23.8 Å². The molecule has 2 aromatic carbocycles. The number of rotatable bonds is 6. The summed E-state index contributed by atoms with van der Waals surface area (Å²) in [4.78, 5) is 25.2. The van der Waals surface area contributed by atoms with E-state index in [1.807, 2.05) is 13.8 Å². The third-order valence-electron chi connectivity index (χ3n) is 4.42. The van der Waals surface area contributed by atoms with Gasteiger partial charge in [-0.25, -0.2) is 4.79 Å². The lowest BCUT2D eigenvalue weighted by Gasteiger charge is -2.22. The van der Waals surface area contributed by atoms with Crippen LogP contribution in [0.2, 0.25) is 5.02 Å². The fourth-order valence-corrected chi connectivity index (χ4v) is 3.12. The Morgan fingerprint density at radius 3 is 2.54 bits per heavy atom. The number of carbonyl (C=O) groups is 2. The van der Waals surface area contributed by atoms with Crippen molar-refractivity contribution in [2.24, 2.45) is 5.92 Å². The molecule has 2 atom stereocenters. The zero-order valence-electron chi connectivity index (χ0n) is 15.9. The van der Waals surface area contributed by atoms with E-state index in [9.17, 15) is 9.59 Å². The number of carbonyl (C=O) groups excluding carboxylic acids is 2. The highest BCUT2D eigenvalue weighted by Gasteiger charge is 2.35. The predicted molar refractivity (Wildman–Crippen MR) is 106 cm³/mol. The number of hydrogen-bond donors (Lipinski definition) is 1. The van der Waals surface area contributed by atoms with E-state index in [1.165, 1.54) is 0 Å². The number of amides is 1. The van der Waals surface area contributed by atoms with E-state index in [0.29, 0.717) is 28.6 Å². The fraction of sp³-hybridized carbons (Fsp3) is 0.333. The zero-order chi connectivity index (χ0) is 20.3. The Labute approximate surface area is 168 Å². The van der Waals surface area contributed by atoms with Crippen molar-refractivity contribution >= 4 is 29.2 Å². The maximum atomic E-state index is 12.6. The van der Waals surface area contributed by atoms with Crippen molar-refractivity contribution in [2.45, 2.75) is 32.5 Å². The van der Waals surface area contributed by atoms with Gasteiger partial charge in [0.1, 0.15) is 11.5 Å². The van der Waals surface area contributed by atoms with E-state index >= 15 is 0 Å². The van der Waals surface area contributed by atoms with Gasteiger partial charge in [-0.15, -0.1) is 0 Å². The van der Waals surface area contributed by atoms with Gasteiger partial charge in [0, 0.05) is 17.1 Å². The third-order valence-corrected chi connectivity index (χ3v) is 4.66. The number of esters is 1. The van der Waals surface area contributed by atoms with Crippen LogP contribution in [0.1, 0.15) is 19.4 Å². The Bertz CT molecular complexity index is 866. The molecule has 3 rings (SSSR count). The quantitative estimate of drug-likeness (QED) is 0.741. The molecule has 0 saturated heterocycles. The molecule has 0 aliphatic carbocycles. The Hall–Kier alpha value is -2.73. The number of hydrogen-bond acceptors (Lipinski definition) is 5. The number of anilines is 1. The van der Waals surface area contributed by atoms with Crippen LogP contribution in [0, 0.1) is 5.92 Å². The van der Waals surface area contributed by atoms with Gasteiger partial charge < -0.3 is 19.5 Å². The molecule has 148 valence electrons. The first-order valence-electron chi connectivity index (χ1n) is 8.98. The summed E-state index contributed by atoms with van der Waals surface area (Å²) < 4.78 is 16.3. The molecular formula is C21H22ClNO5. The van der Waals surface area contributed by atoms with Crippen molar-refractivity contribution in [1.29, 1.82) is 0 Å². The van der Waals surface area contributed by atoms with Crippen LogP contribution in [0.25, 0.3) is 0 Å². The SMILES string of the molecule is COc1ccc(NC(=O)[C@H](OC(=O)[C@H]2Cc3cc(Cl)ccc3O2)C(C)C)cc1. The lowest BCUT2D eigenvalue weighted by atomic mass is 10.1. The maximum absolute atomic E-state index is 12.6. The van der Waals surface area contributed by atoms with Crippen LogP contribution in [0.4, 0.5) is 5.69 Å². The number of fused-ring (bicyclic) bond motifs is 1. The second kappa shape index (κ2) is 8.52. The predicted octanol–water partition coefficient (Wildman–Crippen LogP) is 3.86. The molecular weight excluding hydrogens is 382 g/mol. The van der Waals surface area contributed by atoms with Crippen LogP contribution >= 0.6 is 11.6 Å². The number of ether oxygens (including phenoxy) is 3. The first kappa shape index (κ1) is 20.0. The molecule has 0 unspecified atom stereocenters. The number of benzene rings is 2. The van der Waals surface area contributed by atoms with Gasteiger partial charge in [0.15, 0.2) is 12.2 Å². The number of halogens is 1. The third kappa shape index (κ3) is 4.57. The number of methoxy groups -OCH3 is 1. The van der Waals surface area contributed by atoms with Gasteiger partial charge in [-0.2, -0.15) is 0 Å². The van der Waals surface area contributed by atoms with Gasteiger partial charge in [0.25, 0.3) is 5.91 Å². The first-order valence-corrected chi connectivity index (χ1v) is 9.35. The molecule has 1 amide bonds. The van der Waals surface area contributed by atoms with Gasteiger partial charge in [-0.1, -0.05) is 25.4 Å². The van der Waals surface area contributed by atoms with Crippen molar-refractivity contribution in [3.05, 3.63) is 53.1 Å².